The van der Waals surface area contributed by atoms with Crippen LogP contribution in [0.25, 0.3) is 0 Å². The number of alkyl halides is 3. The molecule has 0 aliphatic carbocycles. The minimum Gasteiger partial charge on any atom is -0.316 e. The molecule has 1 fully saturated rings. The summed E-state index contributed by atoms with van der Waals surface area (Å²) >= 11 is 6.05. The van der Waals surface area contributed by atoms with Crippen molar-refractivity contribution in [3.63, 3.8) is 0 Å². The van der Waals surface area contributed by atoms with E-state index < -0.39 is 29.1 Å². The Kier molecular flexibility index (Phi) is 11.1. The van der Waals surface area contributed by atoms with Gasteiger partial charge in [0.1, 0.15) is 17.7 Å². The highest BCUT2D eigenvalue weighted by Gasteiger charge is 2.23. The molecule has 1 saturated heterocycles. The Balaban J connectivity index is 0.00000186. The van der Waals surface area contributed by atoms with Gasteiger partial charge in [-0.3, -0.25) is 4.98 Å². The number of pyridine rings is 1. The Labute approximate surface area is 223 Å². The zero-order chi connectivity index (χ0) is 26.9. The Morgan fingerprint density at radius 1 is 1.16 bits per heavy atom. The van der Waals surface area contributed by atoms with Gasteiger partial charge in [0.05, 0.1) is 23.0 Å². The monoisotopic (exact) mass is 557 g/mol. The highest BCUT2D eigenvalue weighted by Crippen LogP contribution is 2.32. The van der Waals surface area contributed by atoms with Gasteiger partial charge in [-0.15, -0.1) is 0 Å². The van der Waals surface area contributed by atoms with Gasteiger partial charge in [0.25, 0.3) is 6.43 Å². The highest BCUT2D eigenvalue weighted by molar-refractivity contribution is 8.15. The Morgan fingerprint density at radius 2 is 1.89 bits per heavy atom. The van der Waals surface area contributed by atoms with E-state index >= 15 is 0 Å². The molecule has 0 saturated carbocycles. The highest BCUT2D eigenvalue weighted by atomic mass is 35.5. The molecule has 5 nitrogen and oxygen atoms in total. The van der Waals surface area contributed by atoms with Crippen LogP contribution in [0.15, 0.2) is 46.7 Å². The van der Waals surface area contributed by atoms with Crippen molar-refractivity contribution in [2.24, 2.45) is 10.2 Å². The SMILES string of the molecule is C=S(CCN1CCC(F)CC1)N(Cc1ccc(C2=NN=C(C(F)F)C2)cn1)c1ccc(F)c(Cl)c1.CC. The van der Waals surface area contributed by atoms with Crippen LogP contribution in [-0.4, -0.2) is 65.2 Å². The Morgan fingerprint density at radius 3 is 2.49 bits per heavy atom. The third-order valence-corrected chi connectivity index (χ3v) is 7.93. The first-order valence-corrected chi connectivity index (χ1v) is 14.2. The summed E-state index contributed by atoms with van der Waals surface area (Å²) in [4.78, 5) is 6.73. The van der Waals surface area contributed by atoms with E-state index in [9.17, 15) is 17.6 Å². The summed E-state index contributed by atoms with van der Waals surface area (Å²) in [6, 6.07) is 8.14. The summed E-state index contributed by atoms with van der Waals surface area (Å²) in [6.45, 7) is 6.63. The molecule has 2 aliphatic rings. The number of nitrogens with zero attached hydrogens (tertiary/aromatic N) is 5. The van der Waals surface area contributed by atoms with Gasteiger partial charge in [-0.25, -0.2) is 17.6 Å². The molecule has 0 radical (unpaired) electrons. The Bertz CT molecular complexity index is 1120. The van der Waals surface area contributed by atoms with Crippen LogP contribution in [0.1, 0.15) is 44.4 Å². The fourth-order valence-corrected chi connectivity index (χ4v) is 5.52. The summed E-state index contributed by atoms with van der Waals surface area (Å²) in [7, 11) is -0.501. The molecule has 0 amide bonds. The first kappa shape index (κ1) is 29.3. The second-order valence-corrected chi connectivity index (χ2v) is 10.7. The van der Waals surface area contributed by atoms with Crippen molar-refractivity contribution < 1.29 is 17.6 Å². The minimum absolute atomic E-state index is 0.000880. The number of hydrogen-bond donors (Lipinski definition) is 0. The van der Waals surface area contributed by atoms with E-state index in [1.807, 2.05) is 18.2 Å². The van der Waals surface area contributed by atoms with Gasteiger partial charge in [0.15, 0.2) is 0 Å². The fourth-order valence-electron chi connectivity index (χ4n) is 3.92. The van der Waals surface area contributed by atoms with Gasteiger partial charge < -0.3 is 9.21 Å². The normalized spacial score (nSPS) is 17.2. The van der Waals surface area contributed by atoms with Gasteiger partial charge in [-0.2, -0.15) is 10.2 Å². The fraction of sp³-hybridized carbons (Fsp3) is 0.462. The van der Waals surface area contributed by atoms with Crippen LogP contribution < -0.4 is 4.31 Å². The predicted molar refractivity (Wildman–Crippen MR) is 148 cm³/mol. The second-order valence-electron chi connectivity index (χ2n) is 8.47. The van der Waals surface area contributed by atoms with Crippen LogP contribution in [0.3, 0.4) is 0 Å². The number of anilines is 1. The largest absolute Gasteiger partial charge is 0.316 e. The standard InChI is InChI=1S/C24H26ClF4N5S.C2H6/c1-35(11-10-33-8-6-17(26)7-9-33)34(19-4-5-21(27)20(25)12-19)15-18-3-2-16(14-30-18)22-13-23(24(28)29)32-31-22;1-2/h2-5,12,14,17,24H,1,6-11,13,15H2;1-2H3. The summed E-state index contributed by atoms with van der Waals surface area (Å²) < 4.78 is 55.0. The van der Waals surface area contributed by atoms with Crippen molar-refractivity contribution in [1.82, 2.24) is 9.88 Å². The molecule has 37 heavy (non-hydrogen) atoms. The molecule has 1 aromatic carbocycles. The summed E-state index contributed by atoms with van der Waals surface area (Å²) in [5.41, 5.74) is 2.28. The van der Waals surface area contributed by atoms with E-state index in [1.54, 1.807) is 30.5 Å². The third-order valence-electron chi connectivity index (χ3n) is 6.03. The lowest BCUT2D eigenvalue weighted by atomic mass is 10.1. The smallest absolute Gasteiger partial charge is 0.278 e. The van der Waals surface area contributed by atoms with Crippen molar-refractivity contribution in [3.05, 3.63) is 58.6 Å². The number of aromatic nitrogens is 1. The van der Waals surface area contributed by atoms with Crippen molar-refractivity contribution in [3.8, 4) is 0 Å². The molecule has 4 rings (SSSR count). The predicted octanol–water partition coefficient (Wildman–Crippen LogP) is 6.77. The van der Waals surface area contributed by atoms with Gasteiger partial charge in [-0.05, 0) is 43.2 Å². The molecular formula is C26H32ClF4N5S. The molecule has 202 valence electrons. The number of rotatable bonds is 9. The van der Waals surface area contributed by atoms with Crippen LogP contribution in [0, 0.1) is 5.82 Å². The van der Waals surface area contributed by atoms with Crippen LogP contribution in [0.4, 0.5) is 23.2 Å². The lowest BCUT2D eigenvalue weighted by Gasteiger charge is -2.32. The van der Waals surface area contributed by atoms with Crippen LogP contribution in [-0.2, 0) is 6.54 Å². The average molecular weight is 558 g/mol. The van der Waals surface area contributed by atoms with Crippen LogP contribution in [0.2, 0.25) is 5.02 Å². The quantitative estimate of drug-likeness (QED) is 0.252. The maximum atomic E-state index is 13.8. The summed E-state index contributed by atoms with van der Waals surface area (Å²) in [6.07, 6.45) is -0.656. The maximum absolute atomic E-state index is 13.8. The van der Waals surface area contributed by atoms with E-state index in [0.29, 0.717) is 30.7 Å². The van der Waals surface area contributed by atoms with Gasteiger partial charge in [-0.1, -0.05) is 42.0 Å². The number of likely N-dealkylation sites (tertiary alicyclic amines) is 1. The zero-order valence-electron chi connectivity index (χ0n) is 21.0. The lowest BCUT2D eigenvalue weighted by Crippen LogP contribution is -2.36. The molecule has 1 atom stereocenters. The summed E-state index contributed by atoms with van der Waals surface area (Å²) in [5.74, 6) is 4.59. The van der Waals surface area contributed by atoms with E-state index in [-0.39, 0.29) is 17.2 Å². The molecule has 2 aromatic rings. The van der Waals surface area contributed by atoms with Gasteiger partial charge in [0.2, 0.25) is 0 Å². The molecule has 0 spiro atoms. The number of benzene rings is 1. The Hall–Kier alpha value is -2.30. The average Bonchev–Trinajstić information content (AvgIpc) is 3.41. The van der Waals surface area contributed by atoms with Gasteiger partial charge >= 0.3 is 0 Å². The molecule has 3 heterocycles. The number of hydrogen-bond acceptors (Lipinski definition) is 5. The maximum Gasteiger partial charge on any atom is 0.278 e. The second kappa shape index (κ2) is 14.0. The van der Waals surface area contributed by atoms with E-state index in [2.05, 4.69) is 26.0 Å². The summed E-state index contributed by atoms with van der Waals surface area (Å²) in [5, 5.41) is 7.42. The molecule has 1 aromatic heterocycles. The van der Waals surface area contributed by atoms with Crippen LogP contribution >= 0.6 is 22.3 Å². The topological polar surface area (TPSA) is 44.1 Å². The van der Waals surface area contributed by atoms with Gasteiger partial charge in [0, 0.05) is 49.3 Å². The third kappa shape index (κ3) is 8.09. The zero-order valence-corrected chi connectivity index (χ0v) is 22.6. The minimum atomic E-state index is -2.63. The first-order chi connectivity index (χ1) is 17.8. The van der Waals surface area contributed by atoms with E-state index in [0.717, 1.165) is 36.8 Å². The molecule has 11 heteroatoms. The molecule has 2 aliphatic heterocycles. The molecule has 0 bridgehead atoms. The molecule has 1 unspecified atom stereocenters. The van der Waals surface area contributed by atoms with Crippen LogP contribution in [0.5, 0.6) is 0 Å². The molecular weight excluding hydrogens is 526 g/mol. The number of halogens is 5. The molecule has 0 N–H and O–H groups in total. The first-order valence-electron chi connectivity index (χ1n) is 12.3. The van der Waals surface area contributed by atoms with Crippen molar-refractivity contribution in [1.29, 1.82) is 0 Å². The van der Waals surface area contributed by atoms with E-state index in [1.165, 1.54) is 6.07 Å². The number of piperidine rings is 1. The van der Waals surface area contributed by atoms with Crippen molar-refractivity contribution in [2.75, 3.05) is 29.7 Å². The lowest BCUT2D eigenvalue weighted by molar-refractivity contribution is 0.157. The van der Waals surface area contributed by atoms with Crippen molar-refractivity contribution in [2.45, 2.75) is 52.3 Å². The van der Waals surface area contributed by atoms with E-state index in [4.69, 9.17) is 11.6 Å². The van der Waals surface area contributed by atoms with Crippen molar-refractivity contribution >= 4 is 45.3 Å².